The summed E-state index contributed by atoms with van der Waals surface area (Å²) >= 11 is 0. The second-order valence-electron chi connectivity index (χ2n) is 14.5. The van der Waals surface area contributed by atoms with Gasteiger partial charge in [0.25, 0.3) is 0 Å². The predicted molar refractivity (Wildman–Crippen MR) is 248 cm³/mol. The maximum Gasteiger partial charge on any atom is 0.000744 e. The second-order valence-corrected chi connectivity index (χ2v) is 14.5. The standard InChI is InChI=1S/C15H31N.C13H28.C12H26.C5H11N.C3H4.C2H4/c1-3-4-5-6-7-8-9-10-11-12-13-14-15(2)16;1-4-7-8-9-10-12-13(6-3)11-5-2;1-3-5-7-9-11-12-10-8-6-4-2;1-2-3-4-5-6;1-3-2;1-2/h2-14,16H2,1H3;13H,4-12H2,1-3H3;3-12H2,1-2H3;2H,1,3-6H2;1-2H2;1-2H2. The Morgan fingerprint density at radius 2 is 0.808 bits per heavy atom. The molecule has 0 saturated heterocycles. The molecule has 0 aromatic heterocycles. The summed E-state index contributed by atoms with van der Waals surface area (Å²) in [5.74, 6) is 1.02. The van der Waals surface area contributed by atoms with Gasteiger partial charge < -0.3 is 11.5 Å². The van der Waals surface area contributed by atoms with Crippen LogP contribution in [0.25, 0.3) is 0 Å². The minimum Gasteiger partial charge on any atom is -0.403 e. The predicted octanol–water partition coefficient (Wildman–Crippen LogP) is 17.9. The van der Waals surface area contributed by atoms with Crippen molar-refractivity contribution in [1.29, 1.82) is 0 Å². The Morgan fingerprint density at radius 3 is 1.04 bits per heavy atom. The fourth-order valence-corrected chi connectivity index (χ4v) is 5.84. The molecule has 0 rings (SSSR count). The first-order valence-corrected chi connectivity index (χ1v) is 22.9. The second kappa shape index (κ2) is 71.0. The lowest BCUT2D eigenvalue weighted by Crippen LogP contribution is -1.97. The van der Waals surface area contributed by atoms with Crippen LogP contribution in [0.4, 0.5) is 0 Å². The van der Waals surface area contributed by atoms with Crippen molar-refractivity contribution in [1.82, 2.24) is 0 Å². The molecule has 0 heterocycles. The number of rotatable bonds is 33. The zero-order valence-electron chi connectivity index (χ0n) is 37.6. The highest BCUT2D eigenvalue weighted by Crippen LogP contribution is 2.19. The van der Waals surface area contributed by atoms with Crippen molar-refractivity contribution in [3.8, 4) is 0 Å². The van der Waals surface area contributed by atoms with E-state index in [1.54, 1.807) is 0 Å². The molecule has 314 valence electrons. The van der Waals surface area contributed by atoms with Gasteiger partial charge in [-0.05, 0) is 38.1 Å². The van der Waals surface area contributed by atoms with Crippen LogP contribution in [0.15, 0.2) is 57.0 Å². The van der Waals surface area contributed by atoms with Crippen molar-refractivity contribution in [2.75, 3.05) is 6.54 Å². The van der Waals surface area contributed by atoms with E-state index in [-0.39, 0.29) is 0 Å². The monoisotopic (exact) mass is 733 g/mol. The maximum absolute atomic E-state index is 5.52. The van der Waals surface area contributed by atoms with Gasteiger partial charge in [0.05, 0.1) is 0 Å². The molecular weight excluding hydrogens is 629 g/mol. The average Bonchev–Trinajstić information content (AvgIpc) is 3.15. The molecule has 0 aliphatic rings. The van der Waals surface area contributed by atoms with Gasteiger partial charge in [0, 0.05) is 5.70 Å². The van der Waals surface area contributed by atoms with E-state index in [2.05, 4.69) is 86.7 Å². The Kier molecular flexibility index (Phi) is 85.3. The number of nitrogens with two attached hydrogens (primary N) is 2. The lowest BCUT2D eigenvalue weighted by atomic mass is 9.94. The van der Waals surface area contributed by atoms with Crippen LogP contribution in [0.3, 0.4) is 0 Å². The third-order valence-electron chi connectivity index (χ3n) is 9.16. The third kappa shape index (κ3) is 86.8. The molecule has 0 aliphatic heterocycles. The van der Waals surface area contributed by atoms with Crippen LogP contribution in [0.2, 0.25) is 0 Å². The van der Waals surface area contributed by atoms with E-state index in [4.69, 9.17) is 11.5 Å². The van der Waals surface area contributed by atoms with Gasteiger partial charge >= 0.3 is 0 Å². The Bertz CT molecular complexity index is 593. The number of hydrogen-bond donors (Lipinski definition) is 2. The molecule has 0 spiro atoms. The Morgan fingerprint density at radius 1 is 0.500 bits per heavy atom. The highest BCUT2D eigenvalue weighted by atomic mass is 14.5. The summed E-state index contributed by atoms with van der Waals surface area (Å²) in [5, 5.41) is 0. The van der Waals surface area contributed by atoms with Crippen LogP contribution in [-0.4, -0.2) is 6.54 Å². The van der Waals surface area contributed by atoms with Crippen molar-refractivity contribution >= 4 is 0 Å². The summed E-state index contributed by atoms with van der Waals surface area (Å²) in [6.45, 7) is 34.1. The largest absolute Gasteiger partial charge is 0.403 e. The average molecular weight is 733 g/mol. The summed E-state index contributed by atoms with van der Waals surface area (Å²) in [7, 11) is 0. The minimum absolute atomic E-state index is 0.784. The smallest absolute Gasteiger partial charge is 0.000744 e. The van der Waals surface area contributed by atoms with Crippen LogP contribution in [0.5, 0.6) is 0 Å². The summed E-state index contributed by atoms with van der Waals surface area (Å²) in [6.07, 6.45) is 47.6. The van der Waals surface area contributed by atoms with Gasteiger partial charge in [0.1, 0.15) is 0 Å². The number of unbranched alkanes of at least 4 members (excludes halogenated alkanes) is 24. The van der Waals surface area contributed by atoms with Crippen LogP contribution < -0.4 is 11.5 Å². The SMILES string of the molecule is C=C.C=C(N)CCCCCCCCCCCCC.C=C=C.C=CCCCN.CCCCCCCC(CC)CCC.CCCCCCCCCCCC. The molecule has 0 saturated carbocycles. The molecular formula is C50H104N2. The van der Waals surface area contributed by atoms with Crippen LogP contribution in [-0.2, 0) is 0 Å². The zero-order chi connectivity index (χ0) is 40.6. The lowest BCUT2D eigenvalue weighted by molar-refractivity contribution is 0.409. The lowest BCUT2D eigenvalue weighted by Gasteiger charge is -2.12. The normalized spacial score (nSPS) is 10.1. The van der Waals surface area contributed by atoms with Crippen molar-refractivity contribution in [2.24, 2.45) is 17.4 Å². The zero-order valence-corrected chi connectivity index (χ0v) is 37.6. The number of hydrogen-bond acceptors (Lipinski definition) is 2. The van der Waals surface area contributed by atoms with Crippen LogP contribution in [0.1, 0.15) is 253 Å². The molecule has 2 nitrogen and oxygen atoms in total. The first-order valence-electron chi connectivity index (χ1n) is 22.9. The van der Waals surface area contributed by atoms with Gasteiger partial charge in [-0.2, -0.15) is 0 Å². The van der Waals surface area contributed by atoms with Gasteiger partial charge in [0.15, 0.2) is 0 Å². The third-order valence-corrected chi connectivity index (χ3v) is 9.16. The summed E-state index contributed by atoms with van der Waals surface area (Å²) in [4.78, 5) is 0. The summed E-state index contributed by atoms with van der Waals surface area (Å²) < 4.78 is 0. The molecule has 1 unspecified atom stereocenters. The fourth-order valence-electron chi connectivity index (χ4n) is 5.84. The van der Waals surface area contributed by atoms with Gasteiger partial charge in [-0.25, -0.2) is 0 Å². The molecule has 0 radical (unpaired) electrons. The van der Waals surface area contributed by atoms with E-state index in [1.807, 2.05) is 6.08 Å². The molecule has 2 heteroatoms. The molecule has 4 N–H and O–H groups in total. The molecule has 0 aromatic rings. The highest BCUT2D eigenvalue weighted by Gasteiger charge is 2.03. The van der Waals surface area contributed by atoms with Crippen molar-refractivity contribution < 1.29 is 0 Å². The fraction of sp³-hybridized carbons (Fsp3) is 0.820. The van der Waals surface area contributed by atoms with Gasteiger partial charge in [0.2, 0.25) is 0 Å². The topological polar surface area (TPSA) is 52.0 Å². The van der Waals surface area contributed by atoms with Crippen molar-refractivity contribution in [2.45, 2.75) is 253 Å². The van der Waals surface area contributed by atoms with Crippen LogP contribution in [0, 0.1) is 5.92 Å². The van der Waals surface area contributed by atoms with Gasteiger partial charge in [-0.1, -0.05) is 254 Å². The molecule has 0 bridgehead atoms. The first kappa shape index (κ1) is 62.5. The Hall–Kier alpha value is -1.50. The van der Waals surface area contributed by atoms with E-state index < -0.39 is 0 Å². The summed E-state index contributed by atoms with van der Waals surface area (Å²) in [5.41, 5.74) is 13.8. The molecule has 1 atom stereocenters. The number of allylic oxidation sites excluding steroid dienone is 2. The van der Waals surface area contributed by atoms with E-state index in [9.17, 15) is 0 Å². The van der Waals surface area contributed by atoms with Crippen molar-refractivity contribution in [3.63, 3.8) is 0 Å². The Labute approximate surface area is 333 Å². The van der Waals surface area contributed by atoms with E-state index >= 15 is 0 Å². The molecule has 0 amide bonds. The molecule has 52 heavy (non-hydrogen) atoms. The van der Waals surface area contributed by atoms with Gasteiger partial charge in [-0.15, -0.1) is 25.5 Å². The maximum atomic E-state index is 5.52. The van der Waals surface area contributed by atoms with Crippen LogP contribution >= 0.6 is 0 Å². The first-order chi connectivity index (χ1) is 25.4. The Balaban J connectivity index is -0.000000134. The molecule has 0 aromatic carbocycles. The van der Waals surface area contributed by atoms with E-state index in [1.165, 1.54) is 193 Å². The van der Waals surface area contributed by atoms with E-state index in [0.29, 0.717) is 0 Å². The molecule has 0 fully saturated rings. The van der Waals surface area contributed by atoms with E-state index in [0.717, 1.165) is 37.4 Å². The minimum atomic E-state index is 0.784. The quantitative estimate of drug-likeness (QED) is 0.0401. The summed E-state index contributed by atoms with van der Waals surface area (Å²) in [6, 6.07) is 0. The highest BCUT2D eigenvalue weighted by molar-refractivity contribution is 4.84. The van der Waals surface area contributed by atoms with Crippen molar-refractivity contribution in [3.05, 3.63) is 57.0 Å². The van der Waals surface area contributed by atoms with Gasteiger partial charge in [-0.3, -0.25) is 0 Å². The molecule has 0 aliphatic carbocycles.